The summed E-state index contributed by atoms with van der Waals surface area (Å²) in [4.78, 5) is 19.3. The number of hydrogen-bond acceptors (Lipinski definition) is 7. The van der Waals surface area contributed by atoms with Crippen LogP contribution >= 0.6 is 0 Å². The highest BCUT2D eigenvalue weighted by Crippen LogP contribution is 2.27. The van der Waals surface area contributed by atoms with E-state index in [0.717, 1.165) is 68.9 Å². The molecule has 0 N–H and O–H groups in total. The summed E-state index contributed by atoms with van der Waals surface area (Å²) in [6.07, 6.45) is 5.01. The lowest BCUT2D eigenvalue weighted by Crippen LogP contribution is -2.36. The molecule has 4 heterocycles. The monoisotopic (exact) mass is 542 g/mol. The first kappa shape index (κ1) is 26.2. The molecule has 40 heavy (non-hydrogen) atoms. The van der Waals surface area contributed by atoms with Crippen LogP contribution in [-0.4, -0.2) is 55.8 Å². The number of ketones is 1. The summed E-state index contributed by atoms with van der Waals surface area (Å²) in [5.74, 6) is 1.03. The number of halogens is 1. The molecule has 0 bridgehead atoms. The zero-order valence-electron chi connectivity index (χ0n) is 22.4. The summed E-state index contributed by atoms with van der Waals surface area (Å²) >= 11 is 0. The first-order chi connectivity index (χ1) is 19.5. The lowest BCUT2D eigenvalue weighted by atomic mass is 10.1. The summed E-state index contributed by atoms with van der Waals surface area (Å²) in [6.45, 7) is 5.71. The van der Waals surface area contributed by atoms with Gasteiger partial charge in [0.25, 0.3) is 0 Å². The Balaban J connectivity index is 1.08. The normalized spacial score (nSPS) is 18.0. The van der Waals surface area contributed by atoms with Crippen molar-refractivity contribution in [3.8, 4) is 11.9 Å². The van der Waals surface area contributed by atoms with E-state index in [9.17, 15) is 9.18 Å². The average Bonchev–Trinajstić information content (AvgIpc) is 3.54. The molecule has 2 aliphatic heterocycles. The molecule has 0 saturated carbocycles. The number of carbonyl (C=O) groups is 1. The quantitative estimate of drug-likeness (QED) is 0.284. The molecule has 2 aliphatic rings. The Morgan fingerprint density at radius 2 is 2.00 bits per heavy atom. The van der Waals surface area contributed by atoms with Gasteiger partial charge in [-0.25, -0.2) is 9.37 Å². The fraction of sp³-hybridized carbons (Fsp3) is 0.400. The highest BCUT2D eigenvalue weighted by Gasteiger charge is 2.26. The molecule has 0 amide bonds. The molecular weight excluding hydrogens is 511 g/mol. The largest absolute Gasteiger partial charge is 0.472 e. The molecule has 9 nitrogen and oxygen atoms in total. The Bertz CT molecular complexity index is 1580. The van der Waals surface area contributed by atoms with E-state index < -0.39 is 5.82 Å². The number of nitriles is 1. The zero-order valence-corrected chi connectivity index (χ0v) is 22.4. The first-order valence-corrected chi connectivity index (χ1v) is 13.7. The number of rotatable bonds is 9. The third-order valence-corrected chi connectivity index (χ3v) is 7.85. The minimum atomic E-state index is -0.459. The van der Waals surface area contributed by atoms with E-state index >= 15 is 0 Å². The molecule has 2 saturated heterocycles. The number of benzene rings is 2. The second-order valence-corrected chi connectivity index (χ2v) is 10.5. The maximum absolute atomic E-state index is 14.2. The van der Waals surface area contributed by atoms with Gasteiger partial charge in [0.2, 0.25) is 5.88 Å². The number of nitrogens with zero attached hydrogens (tertiary/aromatic N) is 6. The zero-order chi connectivity index (χ0) is 27.6. The van der Waals surface area contributed by atoms with Crippen LogP contribution < -0.4 is 4.74 Å². The summed E-state index contributed by atoms with van der Waals surface area (Å²) in [6, 6.07) is 14.1. The molecule has 0 unspecified atom stereocenters. The molecule has 2 fully saturated rings. The minimum absolute atomic E-state index is 0.0479. The van der Waals surface area contributed by atoms with Crippen LogP contribution in [0.3, 0.4) is 0 Å². The maximum Gasteiger partial charge on any atom is 0.233 e. The fourth-order valence-corrected chi connectivity index (χ4v) is 5.38. The summed E-state index contributed by atoms with van der Waals surface area (Å²) < 4.78 is 29.8. The Hall–Kier alpha value is -4.07. The average molecular weight is 543 g/mol. The maximum atomic E-state index is 14.2. The van der Waals surface area contributed by atoms with E-state index in [-0.39, 0.29) is 30.1 Å². The lowest BCUT2D eigenvalue weighted by Gasteiger charge is -2.32. The highest BCUT2D eigenvalue weighted by molar-refractivity contribution is 5.97. The van der Waals surface area contributed by atoms with Gasteiger partial charge in [-0.15, -0.1) is 5.10 Å². The van der Waals surface area contributed by atoms with Gasteiger partial charge in [0.1, 0.15) is 18.2 Å². The van der Waals surface area contributed by atoms with Gasteiger partial charge in [0.05, 0.1) is 47.9 Å². The number of ether oxygens (including phenoxy) is 2. The predicted octanol–water partition coefficient (Wildman–Crippen LogP) is 4.65. The SMILES string of the molecule is CC(=O)c1ccc2nc(CN3CCC(n4ccc(OCc5ccc(C#N)cc5F)n4)CC3)n(C[C@@H]3CCO3)c2c1. The summed E-state index contributed by atoms with van der Waals surface area (Å²) in [5, 5.41) is 13.5. The van der Waals surface area contributed by atoms with Crippen molar-refractivity contribution in [1.82, 2.24) is 24.2 Å². The molecule has 6 rings (SSSR count). The molecule has 0 aliphatic carbocycles. The van der Waals surface area contributed by atoms with E-state index in [1.54, 1.807) is 25.1 Å². The lowest BCUT2D eigenvalue weighted by molar-refractivity contribution is -0.0592. The molecule has 2 aromatic heterocycles. The van der Waals surface area contributed by atoms with Crippen LogP contribution in [0, 0.1) is 17.1 Å². The van der Waals surface area contributed by atoms with Gasteiger partial charge in [-0.2, -0.15) is 5.26 Å². The molecular formula is C30H31FN6O3. The molecule has 0 spiro atoms. The van der Waals surface area contributed by atoms with Gasteiger partial charge in [0, 0.05) is 43.1 Å². The molecule has 206 valence electrons. The van der Waals surface area contributed by atoms with Gasteiger partial charge in [0.15, 0.2) is 5.78 Å². The van der Waals surface area contributed by atoms with Crippen LogP contribution in [0.25, 0.3) is 11.0 Å². The van der Waals surface area contributed by atoms with Gasteiger partial charge < -0.3 is 14.0 Å². The Kier molecular flexibility index (Phi) is 7.32. The van der Waals surface area contributed by atoms with Crippen molar-refractivity contribution in [2.24, 2.45) is 0 Å². The van der Waals surface area contributed by atoms with Crippen molar-refractivity contribution in [2.45, 2.75) is 58.0 Å². The number of carbonyl (C=O) groups excluding carboxylic acids is 1. The third-order valence-electron chi connectivity index (χ3n) is 7.85. The van der Waals surface area contributed by atoms with Gasteiger partial charge in [-0.1, -0.05) is 6.07 Å². The number of piperidine rings is 1. The van der Waals surface area contributed by atoms with Crippen LogP contribution in [0.1, 0.15) is 59.5 Å². The highest BCUT2D eigenvalue weighted by atomic mass is 19.1. The van der Waals surface area contributed by atoms with Crippen LogP contribution in [0.5, 0.6) is 5.88 Å². The topological polar surface area (TPSA) is 98.2 Å². The Labute approximate surface area is 231 Å². The van der Waals surface area contributed by atoms with Gasteiger partial charge >= 0.3 is 0 Å². The minimum Gasteiger partial charge on any atom is -0.472 e. The van der Waals surface area contributed by atoms with E-state index in [2.05, 4.69) is 14.6 Å². The molecule has 1 atom stereocenters. The number of aromatic nitrogens is 4. The Morgan fingerprint density at radius 3 is 2.70 bits per heavy atom. The number of likely N-dealkylation sites (tertiary alicyclic amines) is 1. The van der Waals surface area contributed by atoms with Crippen molar-refractivity contribution in [3.63, 3.8) is 0 Å². The van der Waals surface area contributed by atoms with E-state index in [1.807, 2.05) is 35.1 Å². The second kappa shape index (κ2) is 11.2. The standard InChI is InChI=1S/C30H31FN6O3/c1-20(38)22-4-5-27-28(15-22)36(17-25-9-13-39-25)29(33-27)18-35-10-6-24(7-11-35)37-12-8-30(34-37)40-19-23-3-2-21(16-32)14-26(23)31/h2-5,8,12,14-15,24-25H,6-7,9-11,13,17-19H2,1H3/t25-/m0/s1. The Morgan fingerprint density at radius 1 is 1.18 bits per heavy atom. The molecule has 4 aromatic rings. The number of Topliss-reactive ketones (excluding diaryl/α,β-unsaturated/α-hetero) is 1. The van der Waals surface area contributed by atoms with E-state index in [1.165, 1.54) is 6.07 Å². The van der Waals surface area contributed by atoms with Gasteiger partial charge in [-0.3, -0.25) is 14.4 Å². The van der Waals surface area contributed by atoms with Crippen LogP contribution in [0.15, 0.2) is 48.7 Å². The second-order valence-electron chi connectivity index (χ2n) is 10.5. The number of imidazole rings is 1. The van der Waals surface area contributed by atoms with Crippen molar-refractivity contribution in [1.29, 1.82) is 5.26 Å². The summed E-state index contributed by atoms with van der Waals surface area (Å²) in [7, 11) is 0. The van der Waals surface area contributed by atoms with Crippen LogP contribution in [-0.2, 0) is 24.4 Å². The first-order valence-electron chi connectivity index (χ1n) is 13.7. The van der Waals surface area contributed by atoms with E-state index in [4.69, 9.17) is 19.7 Å². The van der Waals surface area contributed by atoms with Crippen LogP contribution in [0.4, 0.5) is 4.39 Å². The van der Waals surface area contributed by atoms with Crippen molar-refractivity contribution in [2.75, 3.05) is 19.7 Å². The smallest absolute Gasteiger partial charge is 0.233 e. The molecule has 0 radical (unpaired) electrons. The third kappa shape index (κ3) is 5.48. The van der Waals surface area contributed by atoms with Crippen molar-refractivity contribution in [3.05, 3.63) is 77.0 Å². The molecule has 2 aromatic carbocycles. The van der Waals surface area contributed by atoms with Crippen LogP contribution in [0.2, 0.25) is 0 Å². The predicted molar refractivity (Wildman–Crippen MR) is 145 cm³/mol. The number of hydrogen-bond donors (Lipinski definition) is 0. The number of fused-ring (bicyclic) bond motifs is 1. The van der Waals surface area contributed by atoms with Crippen molar-refractivity contribution < 1.29 is 18.7 Å². The van der Waals surface area contributed by atoms with E-state index in [0.29, 0.717) is 17.0 Å². The van der Waals surface area contributed by atoms with Gasteiger partial charge in [-0.05, 0) is 56.5 Å². The summed E-state index contributed by atoms with van der Waals surface area (Å²) in [5.41, 5.74) is 3.25. The van der Waals surface area contributed by atoms with Crippen molar-refractivity contribution >= 4 is 16.8 Å². The fourth-order valence-electron chi connectivity index (χ4n) is 5.38. The molecule has 10 heteroatoms.